The van der Waals surface area contributed by atoms with Gasteiger partial charge in [-0.3, -0.25) is 57.6 Å². The largest absolute Gasteiger partial charge is 0.394 e. The molecule has 5 rings (SSSR count). The van der Waals surface area contributed by atoms with E-state index in [4.69, 9.17) is 80.5 Å². The average molecular weight is 1870 g/mol. The second-order valence-corrected chi connectivity index (χ2v) is 31.6. The summed E-state index contributed by atoms with van der Waals surface area (Å²) in [4.78, 5) is 138. The molecule has 18 N–H and O–H groups in total. The molecule has 748 valence electrons. The normalized spacial score (nSPS) is 24.1. The molecule has 4 aliphatic heterocycles. The Balaban J connectivity index is 1.08. The van der Waals surface area contributed by atoms with E-state index in [0.29, 0.717) is 38.6 Å². The molecule has 0 aromatic carbocycles. The number of nitrogens with zero attached hydrogens (tertiary/aromatic N) is 1. The summed E-state index contributed by atoms with van der Waals surface area (Å²) in [5.41, 5.74) is -1.44. The van der Waals surface area contributed by atoms with Crippen molar-refractivity contribution in [3.05, 3.63) is 12.2 Å². The Morgan fingerprint density at radius 3 is 0.969 bits per heavy atom. The van der Waals surface area contributed by atoms with Crippen LogP contribution in [-0.4, -0.2) is 430 Å². The lowest BCUT2D eigenvalue weighted by atomic mass is 9.97. The van der Waals surface area contributed by atoms with Gasteiger partial charge >= 0.3 is 0 Å². The third-order valence-electron chi connectivity index (χ3n) is 21.0. The SMILES string of the molecule is CC(=O)NC1C(OCCOCCOCCNC(=O)CCOCC(COCCC(=O)NCCOCCOCCOC2OC(CO)C(O)C(O)C2NC(C)=O)(COCCC(=O)NCCOCCOCCOC2OC(CO)C(O)C(O)C2NC(C)=O)NC(=O)CCCCCCCCCCC(=O)NCCOC2(OCCNC(=O)CCN3C(=O)C=CC3=O)CCCC2)OC(CO)C(O)C1O. The van der Waals surface area contributed by atoms with Crippen molar-refractivity contribution in [3.8, 4) is 0 Å². The van der Waals surface area contributed by atoms with Gasteiger partial charge in [0.25, 0.3) is 11.8 Å². The summed E-state index contributed by atoms with van der Waals surface area (Å²) < 4.78 is 97.7. The highest BCUT2D eigenvalue weighted by molar-refractivity contribution is 6.13. The molecule has 1 aliphatic carbocycles. The van der Waals surface area contributed by atoms with Crippen molar-refractivity contribution >= 4 is 65.0 Å². The maximum absolute atomic E-state index is 14.1. The number of carbonyl (C=O) groups excluding carboxylic acids is 11. The highest BCUT2D eigenvalue weighted by Crippen LogP contribution is 2.34. The fourth-order valence-electron chi connectivity index (χ4n) is 14.2. The molecule has 11 amide bonds. The topological polar surface area (TPSA) is 638 Å². The number of nitrogens with one attached hydrogen (secondary N) is 9. The molecule has 0 aromatic heterocycles. The smallest absolute Gasteiger partial charge is 0.253 e. The number of amides is 11. The van der Waals surface area contributed by atoms with Gasteiger partial charge in [-0.25, -0.2) is 0 Å². The number of hydrogen-bond acceptors (Lipinski definition) is 37. The van der Waals surface area contributed by atoms with Crippen molar-refractivity contribution < 1.29 is 179 Å². The first-order chi connectivity index (χ1) is 62.6. The molecule has 3 saturated heterocycles. The molecule has 0 radical (unpaired) electrons. The third-order valence-corrected chi connectivity index (χ3v) is 21.0. The molecule has 0 bridgehead atoms. The van der Waals surface area contributed by atoms with E-state index in [0.717, 1.165) is 56.3 Å². The zero-order chi connectivity index (χ0) is 94.7. The number of aliphatic hydroxyl groups is 9. The zero-order valence-electron chi connectivity index (χ0n) is 75.1. The van der Waals surface area contributed by atoms with Crippen LogP contribution in [0.5, 0.6) is 0 Å². The fourth-order valence-corrected chi connectivity index (χ4v) is 14.2. The Morgan fingerprint density at radius 1 is 0.362 bits per heavy atom. The second-order valence-electron chi connectivity index (χ2n) is 31.6. The van der Waals surface area contributed by atoms with Crippen LogP contribution in [0.2, 0.25) is 0 Å². The van der Waals surface area contributed by atoms with Gasteiger partial charge in [-0.05, 0) is 25.7 Å². The highest BCUT2D eigenvalue weighted by Gasteiger charge is 2.49. The van der Waals surface area contributed by atoms with Gasteiger partial charge in [0.1, 0.15) is 78.6 Å². The van der Waals surface area contributed by atoms with Crippen LogP contribution in [0.4, 0.5) is 0 Å². The molecule has 0 aromatic rings. The quantitative estimate of drug-likeness (QED) is 0.0153. The first kappa shape index (κ1) is 114. The minimum atomic E-state index is -1.47. The van der Waals surface area contributed by atoms with Crippen LogP contribution >= 0.6 is 0 Å². The minimum Gasteiger partial charge on any atom is -0.394 e. The predicted molar refractivity (Wildman–Crippen MR) is 451 cm³/mol. The van der Waals surface area contributed by atoms with Gasteiger partial charge in [-0.1, -0.05) is 38.5 Å². The van der Waals surface area contributed by atoms with Crippen molar-refractivity contribution in [1.82, 2.24) is 52.8 Å². The van der Waals surface area contributed by atoms with Crippen LogP contribution in [0.25, 0.3) is 0 Å². The second kappa shape index (κ2) is 66.5. The summed E-state index contributed by atoms with van der Waals surface area (Å²) in [6.07, 6.45) is -4.02. The number of imide groups is 1. The van der Waals surface area contributed by atoms with E-state index in [-0.39, 0.29) is 235 Å². The molecular formula is C83H144N10O37. The van der Waals surface area contributed by atoms with Gasteiger partial charge in [0.15, 0.2) is 24.7 Å². The maximum atomic E-state index is 14.1. The highest BCUT2D eigenvalue weighted by atomic mass is 16.7. The van der Waals surface area contributed by atoms with E-state index in [9.17, 15) is 98.7 Å². The Hall–Kier alpha value is -6.93. The first-order valence-electron chi connectivity index (χ1n) is 44.8. The molecule has 15 atom stereocenters. The Labute approximate surface area is 757 Å². The summed E-state index contributed by atoms with van der Waals surface area (Å²) in [7, 11) is 0. The van der Waals surface area contributed by atoms with Crippen LogP contribution in [0, 0.1) is 0 Å². The maximum Gasteiger partial charge on any atom is 0.253 e. The molecule has 15 unspecified atom stereocenters. The Kier molecular flexibility index (Phi) is 58.1. The minimum absolute atomic E-state index is 0.0162. The summed E-state index contributed by atoms with van der Waals surface area (Å²) in [5.74, 6) is -5.19. The molecule has 1 saturated carbocycles. The fraction of sp³-hybridized carbons (Fsp3) is 0.843. The van der Waals surface area contributed by atoms with Crippen molar-refractivity contribution in [2.75, 3.05) is 211 Å². The van der Waals surface area contributed by atoms with Gasteiger partial charge < -0.3 is 174 Å². The Morgan fingerprint density at radius 2 is 0.646 bits per heavy atom. The van der Waals surface area contributed by atoms with Crippen molar-refractivity contribution in [2.24, 2.45) is 0 Å². The van der Waals surface area contributed by atoms with E-state index in [2.05, 4.69) is 47.9 Å². The first-order valence-corrected chi connectivity index (χ1v) is 44.8. The molecule has 130 heavy (non-hydrogen) atoms. The molecule has 47 nitrogen and oxygen atoms in total. The summed E-state index contributed by atoms with van der Waals surface area (Å²) in [6, 6.07) is -3.34. The van der Waals surface area contributed by atoms with Crippen LogP contribution in [-0.2, 0) is 133 Å². The van der Waals surface area contributed by atoms with E-state index in [1.165, 1.54) is 32.9 Å². The number of aliphatic hydroxyl groups excluding tert-OH is 9. The van der Waals surface area contributed by atoms with E-state index >= 15 is 0 Å². The monoisotopic (exact) mass is 1870 g/mol. The van der Waals surface area contributed by atoms with E-state index in [1.54, 1.807) is 0 Å². The van der Waals surface area contributed by atoms with Crippen LogP contribution in [0.3, 0.4) is 0 Å². The molecular weight excluding hydrogens is 1730 g/mol. The lowest BCUT2D eigenvalue weighted by molar-refractivity contribution is -0.272. The van der Waals surface area contributed by atoms with Crippen LogP contribution in [0.15, 0.2) is 12.2 Å². The predicted octanol–water partition coefficient (Wildman–Crippen LogP) is -6.86. The van der Waals surface area contributed by atoms with Crippen LogP contribution < -0.4 is 47.9 Å². The standard InChI is InChI=1S/C83H144N10O37/c1-56(97)89-70-76(111)73(108)59(50-94)128-79(70)123-47-44-117-41-38-114-33-24-84-64(102)19-30-120-53-82(54-121-31-20-65(103)85-25-34-115-39-42-118-45-48-124-80-71(90-57(2)98)77(112)74(109)60(51-95)129-80,55-122-32-21-66(104)86-26-35-116-40-43-119-46-49-125-81-72(91-58(3)99)78(113)75(110)61(52-96)130-81)92-67(105)15-11-9-7-5-4-6-8-10-14-62(100)87-27-36-126-83(22-12-13-23-83)127-37-28-88-63(101)18-29-93-68(106)16-17-69(93)107/h16-17,59-61,70-81,94-96,108-113H,4-15,18-55H2,1-3H3,(H,84,102)(H,85,103)(H,86,104)(H,87,100)(H,88,101)(H,89,97)(H,90,98)(H,91,99)(H,92,105). The summed E-state index contributed by atoms with van der Waals surface area (Å²) in [6.45, 7) is 3.12. The van der Waals surface area contributed by atoms with E-state index in [1.807, 2.05) is 0 Å². The summed E-state index contributed by atoms with van der Waals surface area (Å²) >= 11 is 0. The number of rotatable bonds is 74. The number of hydrogen-bond donors (Lipinski definition) is 18. The lowest BCUT2D eigenvalue weighted by Gasteiger charge is -2.42. The average Bonchev–Trinajstić information content (AvgIpc) is 1.46. The van der Waals surface area contributed by atoms with Gasteiger partial charge in [0, 0.05) is 124 Å². The van der Waals surface area contributed by atoms with Gasteiger partial charge in [0.05, 0.1) is 172 Å². The van der Waals surface area contributed by atoms with Crippen molar-refractivity contribution in [1.29, 1.82) is 0 Å². The van der Waals surface area contributed by atoms with Gasteiger partial charge in [0.2, 0.25) is 53.2 Å². The van der Waals surface area contributed by atoms with Gasteiger partial charge in [-0.15, -0.1) is 0 Å². The number of unbranched alkanes of at least 4 members (excludes halogenated alkanes) is 7. The van der Waals surface area contributed by atoms with Crippen molar-refractivity contribution in [3.63, 3.8) is 0 Å². The van der Waals surface area contributed by atoms with E-state index < -0.39 is 170 Å². The Bertz CT molecular complexity index is 3050. The zero-order valence-corrected chi connectivity index (χ0v) is 75.1. The molecule has 0 spiro atoms. The van der Waals surface area contributed by atoms with Crippen molar-refractivity contribution in [2.45, 2.75) is 240 Å². The number of carbonyl (C=O) groups is 11. The summed E-state index contributed by atoms with van der Waals surface area (Å²) in [5, 5.41) is 116. The lowest BCUT2D eigenvalue weighted by Crippen LogP contribution is -2.64. The van der Waals surface area contributed by atoms with Gasteiger partial charge in [-0.2, -0.15) is 0 Å². The van der Waals surface area contributed by atoms with Crippen LogP contribution in [0.1, 0.15) is 136 Å². The molecule has 47 heteroatoms. The molecule has 5 aliphatic rings. The third kappa shape index (κ3) is 45.9. The molecule has 4 fully saturated rings. The molecule has 4 heterocycles. The number of ether oxygens (including phenoxy) is 17.